The van der Waals surface area contributed by atoms with Gasteiger partial charge in [-0.05, 0) is 55.4 Å². The Morgan fingerprint density at radius 2 is 1.62 bits per heavy atom. The van der Waals surface area contributed by atoms with Crippen molar-refractivity contribution in [2.75, 3.05) is 26.2 Å². The van der Waals surface area contributed by atoms with Crippen molar-refractivity contribution in [3.8, 4) is 0 Å². The summed E-state index contributed by atoms with van der Waals surface area (Å²) in [5.74, 6) is 1.32. The molecule has 118 valence electrons. The number of rotatable bonds is 7. The van der Waals surface area contributed by atoms with E-state index in [-0.39, 0.29) is 0 Å². The van der Waals surface area contributed by atoms with Crippen LogP contribution in [0.4, 0.5) is 0 Å². The van der Waals surface area contributed by atoms with Gasteiger partial charge in [0.25, 0.3) is 0 Å². The fourth-order valence-corrected chi connectivity index (χ4v) is 3.03. The normalized spacial score (nSPS) is 18.1. The maximum Gasteiger partial charge on any atom is 0.0233 e. The lowest BCUT2D eigenvalue weighted by atomic mass is 9.99. The molecule has 0 spiro atoms. The molecule has 1 saturated heterocycles. The van der Waals surface area contributed by atoms with Crippen LogP contribution in [-0.2, 0) is 6.54 Å². The van der Waals surface area contributed by atoms with Crippen molar-refractivity contribution >= 4 is 0 Å². The molecule has 0 radical (unpaired) electrons. The minimum absolute atomic E-state index is 0.591. The highest BCUT2D eigenvalue weighted by Crippen LogP contribution is 2.17. The summed E-state index contributed by atoms with van der Waals surface area (Å²) in [6.45, 7) is 12.7. The Bertz CT molecular complexity index is 391. The highest BCUT2D eigenvalue weighted by atomic mass is 15.1. The first-order chi connectivity index (χ1) is 10.1. The molecule has 0 bridgehead atoms. The molecule has 1 fully saturated rings. The van der Waals surface area contributed by atoms with Crippen molar-refractivity contribution in [2.24, 2.45) is 5.92 Å². The van der Waals surface area contributed by atoms with Crippen molar-refractivity contribution in [3.63, 3.8) is 0 Å². The Labute approximate surface area is 130 Å². The molecule has 0 aliphatic carbocycles. The van der Waals surface area contributed by atoms with Crippen LogP contribution in [-0.4, -0.2) is 31.1 Å². The first-order valence-electron chi connectivity index (χ1n) is 8.67. The van der Waals surface area contributed by atoms with Crippen LogP contribution in [0.1, 0.15) is 57.1 Å². The quantitative estimate of drug-likeness (QED) is 0.815. The second-order valence-corrected chi connectivity index (χ2v) is 7.03. The minimum atomic E-state index is 0.591. The Morgan fingerprint density at radius 1 is 0.952 bits per heavy atom. The van der Waals surface area contributed by atoms with Crippen LogP contribution >= 0.6 is 0 Å². The zero-order valence-corrected chi connectivity index (χ0v) is 14.1. The van der Waals surface area contributed by atoms with Gasteiger partial charge in [-0.3, -0.25) is 4.90 Å². The van der Waals surface area contributed by atoms with Crippen LogP contribution in [0.2, 0.25) is 0 Å². The molecule has 1 aromatic carbocycles. The summed E-state index contributed by atoms with van der Waals surface area (Å²) < 4.78 is 0. The van der Waals surface area contributed by atoms with Crippen molar-refractivity contribution < 1.29 is 0 Å². The van der Waals surface area contributed by atoms with Crippen molar-refractivity contribution in [1.82, 2.24) is 10.2 Å². The molecule has 2 rings (SSSR count). The number of hydrogen-bond acceptors (Lipinski definition) is 2. The predicted molar refractivity (Wildman–Crippen MR) is 91.7 cm³/mol. The van der Waals surface area contributed by atoms with Crippen LogP contribution in [0.3, 0.4) is 0 Å². The Hall–Kier alpha value is -0.860. The first-order valence-corrected chi connectivity index (χ1v) is 8.67. The smallest absolute Gasteiger partial charge is 0.0233 e. The summed E-state index contributed by atoms with van der Waals surface area (Å²) in [4.78, 5) is 2.59. The van der Waals surface area contributed by atoms with Gasteiger partial charge in [0, 0.05) is 13.1 Å². The number of nitrogens with one attached hydrogen (secondary N) is 1. The van der Waals surface area contributed by atoms with Gasteiger partial charge in [-0.2, -0.15) is 0 Å². The van der Waals surface area contributed by atoms with Crippen LogP contribution < -0.4 is 5.32 Å². The third-order valence-electron chi connectivity index (χ3n) is 4.41. The first kappa shape index (κ1) is 16.5. The van der Waals surface area contributed by atoms with Crippen molar-refractivity contribution in [3.05, 3.63) is 35.4 Å². The van der Waals surface area contributed by atoms with E-state index in [1.165, 1.54) is 43.5 Å². The van der Waals surface area contributed by atoms with Gasteiger partial charge in [-0.25, -0.2) is 0 Å². The van der Waals surface area contributed by atoms with E-state index in [2.05, 4.69) is 55.3 Å². The van der Waals surface area contributed by atoms with Crippen LogP contribution in [0.25, 0.3) is 0 Å². The molecule has 0 amide bonds. The molecule has 1 aromatic rings. The Kier molecular flexibility index (Phi) is 6.72. The number of piperidine rings is 1. The zero-order valence-electron chi connectivity index (χ0n) is 14.1. The van der Waals surface area contributed by atoms with Gasteiger partial charge in [-0.15, -0.1) is 0 Å². The molecular weight excluding hydrogens is 256 g/mol. The average Bonchev–Trinajstić information content (AvgIpc) is 2.48. The predicted octanol–water partition coefficient (Wildman–Crippen LogP) is 4.02. The largest absolute Gasteiger partial charge is 0.316 e. The summed E-state index contributed by atoms with van der Waals surface area (Å²) in [6.07, 6.45) is 4.16. The van der Waals surface area contributed by atoms with Gasteiger partial charge in [-0.1, -0.05) is 51.5 Å². The van der Waals surface area contributed by atoms with Gasteiger partial charge in [0.15, 0.2) is 0 Å². The van der Waals surface area contributed by atoms with Crippen molar-refractivity contribution in [2.45, 2.75) is 52.5 Å². The molecule has 21 heavy (non-hydrogen) atoms. The summed E-state index contributed by atoms with van der Waals surface area (Å²) in [6, 6.07) is 9.29. The molecular formula is C19H32N2. The van der Waals surface area contributed by atoms with Gasteiger partial charge >= 0.3 is 0 Å². The third kappa shape index (κ3) is 5.80. The number of hydrogen-bond donors (Lipinski definition) is 1. The standard InChI is InChI=1S/C19H32N2/c1-16(2)13-20-14-17(3)19-9-7-18(8-10-19)15-21-11-5-4-6-12-21/h7-10,16-17,20H,4-6,11-15H2,1-3H3. The van der Waals surface area contributed by atoms with E-state index in [0.29, 0.717) is 5.92 Å². The SMILES string of the molecule is CC(C)CNCC(C)c1ccc(CN2CCCCC2)cc1. The van der Waals surface area contributed by atoms with Gasteiger partial charge in [0.1, 0.15) is 0 Å². The molecule has 0 saturated carbocycles. The van der Waals surface area contributed by atoms with E-state index >= 15 is 0 Å². The van der Waals surface area contributed by atoms with Gasteiger partial charge in [0.05, 0.1) is 0 Å². The van der Waals surface area contributed by atoms with Crippen LogP contribution in [0, 0.1) is 5.92 Å². The van der Waals surface area contributed by atoms with E-state index in [1.54, 1.807) is 0 Å². The number of nitrogens with zero attached hydrogens (tertiary/aromatic N) is 1. The molecule has 2 heteroatoms. The fraction of sp³-hybridized carbons (Fsp3) is 0.684. The summed E-state index contributed by atoms with van der Waals surface area (Å²) >= 11 is 0. The van der Waals surface area contributed by atoms with Crippen LogP contribution in [0.5, 0.6) is 0 Å². The van der Waals surface area contributed by atoms with E-state index in [0.717, 1.165) is 25.6 Å². The lowest BCUT2D eigenvalue weighted by Gasteiger charge is -2.26. The average molecular weight is 288 g/mol. The summed E-state index contributed by atoms with van der Waals surface area (Å²) in [7, 11) is 0. The highest BCUT2D eigenvalue weighted by Gasteiger charge is 2.11. The molecule has 1 aliphatic rings. The lowest BCUT2D eigenvalue weighted by molar-refractivity contribution is 0.221. The Balaban J connectivity index is 1.80. The van der Waals surface area contributed by atoms with E-state index < -0.39 is 0 Å². The van der Waals surface area contributed by atoms with E-state index in [1.807, 2.05) is 0 Å². The maximum absolute atomic E-state index is 3.56. The minimum Gasteiger partial charge on any atom is -0.316 e. The topological polar surface area (TPSA) is 15.3 Å². The summed E-state index contributed by atoms with van der Waals surface area (Å²) in [5.41, 5.74) is 2.91. The molecule has 1 N–H and O–H groups in total. The Morgan fingerprint density at radius 3 is 2.24 bits per heavy atom. The monoisotopic (exact) mass is 288 g/mol. The third-order valence-corrected chi connectivity index (χ3v) is 4.41. The second-order valence-electron chi connectivity index (χ2n) is 7.03. The molecule has 1 heterocycles. The summed E-state index contributed by atoms with van der Waals surface area (Å²) in [5, 5.41) is 3.56. The van der Waals surface area contributed by atoms with Crippen LogP contribution in [0.15, 0.2) is 24.3 Å². The maximum atomic E-state index is 3.56. The molecule has 2 nitrogen and oxygen atoms in total. The van der Waals surface area contributed by atoms with E-state index in [9.17, 15) is 0 Å². The highest BCUT2D eigenvalue weighted by molar-refractivity contribution is 5.25. The van der Waals surface area contributed by atoms with E-state index in [4.69, 9.17) is 0 Å². The lowest BCUT2D eigenvalue weighted by Crippen LogP contribution is -2.29. The fourth-order valence-electron chi connectivity index (χ4n) is 3.03. The molecule has 1 unspecified atom stereocenters. The molecule has 0 aromatic heterocycles. The molecule has 1 aliphatic heterocycles. The second kappa shape index (κ2) is 8.55. The number of likely N-dealkylation sites (tertiary alicyclic amines) is 1. The molecule has 1 atom stereocenters. The van der Waals surface area contributed by atoms with Gasteiger partial charge in [0.2, 0.25) is 0 Å². The number of benzene rings is 1. The zero-order chi connectivity index (χ0) is 15.1. The van der Waals surface area contributed by atoms with Crippen molar-refractivity contribution in [1.29, 1.82) is 0 Å². The van der Waals surface area contributed by atoms with Gasteiger partial charge < -0.3 is 5.32 Å².